The number of fused-ring (bicyclic) bond motifs is 1. The molecule has 1 fully saturated rings. The molecule has 0 aliphatic carbocycles. The van der Waals surface area contributed by atoms with Crippen molar-refractivity contribution in [1.29, 1.82) is 0 Å². The molecule has 1 aliphatic heterocycles. The van der Waals surface area contributed by atoms with Crippen LogP contribution >= 0.6 is 0 Å². The van der Waals surface area contributed by atoms with E-state index in [1.165, 1.54) is 12.4 Å². The largest absolute Gasteiger partial charge is 0.365 e. The number of hydrogen-bond donors (Lipinski definition) is 1. The predicted molar refractivity (Wildman–Crippen MR) is 106 cm³/mol. The highest BCUT2D eigenvalue weighted by Crippen LogP contribution is 2.24. The Balaban J connectivity index is 1.56. The Bertz CT molecular complexity index is 1100. The first-order valence-electron chi connectivity index (χ1n) is 9.28. The van der Waals surface area contributed by atoms with Gasteiger partial charge in [0, 0.05) is 25.0 Å². The summed E-state index contributed by atoms with van der Waals surface area (Å²) in [5.41, 5.74) is 1.06. The van der Waals surface area contributed by atoms with Crippen LogP contribution in [-0.4, -0.2) is 35.8 Å². The van der Waals surface area contributed by atoms with Crippen molar-refractivity contribution in [3.05, 3.63) is 60.2 Å². The zero-order valence-electron chi connectivity index (χ0n) is 15.3. The molecular formula is C20H21FN4O2S. The highest BCUT2D eigenvalue weighted by molar-refractivity contribution is 7.89. The van der Waals surface area contributed by atoms with Crippen LogP contribution in [0.4, 0.5) is 10.2 Å². The van der Waals surface area contributed by atoms with Gasteiger partial charge in [-0.2, -0.15) is 4.31 Å². The van der Waals surface area contributed by atoms with Crippen LogP contribution < -0.4 is 5.32 Å². The van der Waals surface area contributed by atoms with Crippen LogP contribution in [0, 0.1) is 5.82 Å². The van der Waals surface area contributed by atoms with E-state index in [0.717, 1.165) is 24.8 Å². The van der Waals surface area contributed by atoms with Crippen LogP contribution in [0.1, 0.15) is 24.8 Å². The molecule has 8 heteroatoms. The Labute approximate surface area is 163 Å². The summed E-state index contributed by atoms with van der Waals surface area (Å²) in [4.78, 5) is 8.47. The summed E-state index contributed by atoms with van der Waals surface area (Å²) in [6.45, 7) is 1.51. The van der Waals surface area contributed by atoms with E-state index >= 15 is 0 Å². The Hall–Kier alpha value is -2.58. The Morgan fingerprint density at radius 3 is 2.64 bits per heavy atom. The average Bonchev–Trinajstić information content (AvgIpc) is 2.73. The van der Waals surface area contributed by atoms with Gasteiger partial charge in [-0.3, -0.25) is 0 Å². The second-order valence-corrected chi connectivity index (χ2v) is 8.76. The van der Waals surface area contributed by atoms with Crippen molar-refractivity contribution in [1.82, 2.24) is 14.3 Å². The highest BCUT2D eigenvalue weighted by Gasteiger charge is 2.25. The third-order valence-corrected chi connectivity index (χ3v) is 6.82. The topological polar surface area (TPSA) is 75.2 Å². The fourth-order valence-corrected chi connectivity index (χ4v) is 5.04. The van der Waals surface area contributed by atoms with Crippen molar-refractivity contribution < 1.29 is 12.8 Å². The van der Waals surface area contributed by atoms with Gasteiger partial charge in [0.25, 0.3) is 0 Å². The zero-order valence-corrected chi connectivity index (χ0v) is 16.1. The lowest BCUT2D eigenvalue weighted by molar-refractivity contribution is 0.346. The number of benzene rings is 2. The molecule has 6 nitrogen and oxygen atoms in total. The fourth-order valence-electron chi connectivity index (χ4n) is 3.45. The van der Waals surface area contributed by atoms with Crippen LogP contribution in [0.5, 0.6) is 0 Å². The minimum absolute atomic E-state index is 0.251. The highest BCUT2D eigenvalue weighted by atomic mass is 32.2. The fraction of sp³-hybridized carbons (Fsp3) is 0.300. The van der Waals surface area contributed by atoms with E-state index in [1.54, 1.807) is 34.6 Å². The number of aromatic nitrogens is 2. The SMILES string of the molecule is O=S(=O)(c1cccc(CNc2ncnc3c(F)cccc23)c1)N1CCCCC1. The first kappa shape index (κ1) is 18.8. The Morgan fingerprint density at radius 2 is 1.82 bits per heavy atom. The van der Waals surface area contributed by atoms with Gasteiger partial charge in [-0.1, -0.05) is 24.6 Å². The lowest BCUT2D eigenvalue weighted by atomic mass is 10.2. The van der Waals surface area contributed by atoms with E-state index in [2.05, 4.69) is 15.3 Å². The normalized spacial score (nSPS) is 15.6. The monoisotopic (exact) mass is 400 g/mol. The molecule has 0 unspecified atom stereocenters. The summed E-state index contributed by atoms with van der Waals surface area (Å²) in [6.07, 6.45) is 4.18. The molecule has 4 rings (SSSR count). The molecule has 146 valence electrons. The zero-order chi connectivity index (χ0) is 19.6. The van der Waals surface area contributed by atoms with Gasteiger partial charge < -0.3 is 5.32 Å². The maximum absolute atomic E-state index is 13.9. The third kappa shape index (κ3) is 3.70. The van der Waals surface area contributed by atoms with Crippen molar-refractivity contribution in [2.45, 2.75) is 30.7 Å². The van der Waals surface area contributed by atoms with Crippen LogP contribution in [-0.2, 0) is 16.6 Å². The van der Waals surface area contributed by atoms with Gasteiger partial charge in [0.2, 0.25) is 10.0 Å². The van der Waals surface area contributed by atoms with Gasteiger partial charge in [-0.25, -0.2) is 22.8 Å². The second kappa shape index (κ2) is 7.81. The second-order valence-electron chi connectivity index (χ2n) is 6.82. The van der Waals surface area contributed by atoms with Crippen LogP contribution in [0.2, 0.25) is 0 Å². The summed E-state index contributed by atoms with van der Waals surface area (Å²) in [5, 5.41) is 3.75. The molecule has 3 aromatic rings. The smallest absolute Gasteiger partial charge is 0.243 e. The molecule has 1 aliphatic rings. The number of nitrogens with one attached hydrogen (secondary N) is 1. The standard InChI is InChI=1S/C20H21FN4O2S/c21-18-9-5-8-17-19(18)23-14-24-20(17)22-13-15-6-4-7-16(12-15)28(26,27)25-10-2-1-3-11-25/h4-9,12,14H,1-3,10-11,13H2,(H,22,23,24). The van der Waals surface area contributed by atoms with Crippen LogP contribution in [0.3, 0.4) is 0 Å². The third-order valence-electron chi connectivity index (χ3n) is 4.93. The molecule has 28 heavy (non-hydrogen) atoms. The summed E-state index contributed by atoms with van der Waals surface area (Å²) >= 11 is 0. The lowest BCUT2D eigenvalue weighted by Crippen LogP contribution is -2.35. The van der Waals surface area contributed by atoms with E-state index in [-0.39, 0.29) is 5.52 Å². The number of para-hydroxylation sites is 1. The predicted octanol–water partition coefficient (Wildman–Crippen LogP) is 3.56. The Kier molecular flexibility index (Phi) is 5.23. The minimum atomic E-state index is -3.48. The number of piperidine rings is 1. The van der Waals surface area contributed by atoms with E-state index in [1.807, 2.05) is 6.07 Å². The van der Waals surface area contributed by atoms with Gasteiger partial charge in [0.1, 0.15) is 23.5 Å². The van der Waals surface area contributed by atoms with Gasteiger partial charge >= 0.3 is 0 Å². The summed E-state index contributed by atoms with van der Waals surface area (Å²) in [5.74, 6) is 0.103. The molecule has 0 amide bonds. The van der Waals surface area contributed by atoms with Crippen molar-refractivity contribution in [3.8, 4) is 0 Å². The molecular weight excluding hydrogens is 379 g/mol. The summed E-state index contributed by atoms with van der Waals surface area (Å²) < 4.78 is 41.2. The number of halogens is 1. The van der Waals surface area contributed by atoms with Crippen molar-refractivity contribution in [2.75, 3.05) is 18.4 Å². The maximum Gasteiger partial charge on any atom is 0.243 e. The summed E-state index contributed by atoms with van der Waals surface area (Å²) in [7, 11) is -3.48. The van der Waals surface area contributed by atoms with Crippen LogP contribution in [0.25, 0.3) is 10.9 Å². The molecule has 0 bridgehead atoms. The van der Waals surface area contributed by atoms with E-state index in [9.17, 15) is 12.8 Å². The molecule has 0 saturated carbocycles. The minimum Gasteiger partial charge on any atom is -0.365 e. The molecule has 2 heterocycles. The van der Waals surface area contributed by atoms with E-state index in [4.69, 9.17) is 0 Å². The summed E-state index contributed by atoms with van der Waals surface area (Å²) in [6, 6.07) is 11.6. The van der Waals surface area contributed by atoms with Crippen LogP contribution in [0.15, 0.2) is 53.7 Å². The van der Waals surface area contributed by atoms with Gasteiger partial charge in [0.05, 0.1) is 4.90 Å². The first-order chi connectivity index (χ1) is 13.6. The number of sulfonamides is 1. The number of rotatable bonds is 5. The van der Waals surface area contributed by atoms with Gasteiger partial charge in [-0.05, 0) is 42.7 Å². The van der Waals surface area contributed by atoms with E-state index < -0.39 is 15.8 Å². The van der Waals surface area contributed by atoms with Crippen molar-refractivity contribution in [3.63, 3.8) is 0 Å². The maximum atomic E-state index is 13.9. The van der Waals surface area contributed by atoms with Crippen molar-refractivity contribution in [2.24, 2.45) is 0 Å². The molecule has 1 aromatic heterocycles. The molecule has 0 atom stereocenters. The molecule has 2 aromatic carbocycles. The molecule has 0 spiro atoms. The van der Waals surface area contributed by atoms with E-state index in [0.29, 0.717) is 35.7 Å². The molecule has 0 radical (unpaired) electrons. The number of nitrogens with zero attached hydrogens (tertiary/aromatic N) is 3. The molecule has 1 N–H and O–H groups in total. The van der Waals surface area contributed by atoms with Crippen molar-refractivity contribution >= 4 is 26.7 Å². The average molecular weight is 400 g/mol. The number of anilines is 1. The Morgan fingerprint density at radius 1 is 1.04 bits per heavy atom. The lowest BCUT2D eigenvalue weighted by Gasteiger charge is -2.26. The van der Waals surface area contributed by atoms with Gasteiger partial charge in [-0.15, -0.1) is 0 Å². The van der Waals surface area contributed by atoms with Gasteiger partial charge in [0.15, 0.2) is 0 Å². The quantitative estimate of drug-likeness (QED) is 0.709. The number of hydrogen-bond acceptors (Lipinski definition) is 5. The molecule has 1 saturated heterocycles. The first-order valence-corrected chi connectivity index (χ1v) is 10.7.